The van der Waals surface area contributed by atoms with Crippen molar-refractivity contribution in [3.63, 3.8) is 0 Å². The highest BCUT2D eigenvalue weighted by molar-refractivity contribution is 9.10. The molecule has 0 radical (unpaired) electrons. The second-order valence-electron chi connectivity index (χ2n) is 4.21. The van der Waals surface area contributed by atoms with Crippen LogP contribution < -0.4 is 5.11 Å². The lowest BCUT2D eigenvalue weighted by Crippen LogP contribution is -2.03. The summed E-state index contributed by atoms with van der Waals surface area (Å²) in [5.74, 6) is -1.94. The summed E-state index contributed by atoms with van der Waals surface area (Å²) < 4.78 is 0.346. The van der Waals surface area contributed by atoms with Crippen LogP contribution in [0.2, 0.25) is 0 Å². The van der Waals surface area contributed by atoms with Gasteiger partial charge in [0.25, 0.3) is 5.69 Å². The van der Waals surface area contributed by atoms with Crippen LogP contribution in [0.5, 0.6) is 5.75 Å². The Bertz CT molecular complexity index is 723. The Labute approximate surface area is 132 Å². The van der Waals surface area contributed by atoms with Gasteiger partial charge in [-0.2, -0.15) is 0 Å². The number of rotatable bonds is 4. The van der Waals surface area contributed by atoms with E-state index in [2.05, 4.69) is 20.9 Å². The molecular weight excluding hydrogens is 356 g/mol. The van der Waals surface area contributed by atoms with Crippen molar-refractivity contribution in [3.8, 4) is 5.75 Å². The van der Waals surface area contributed by atoms with Gasteiger partial charge < -0.3 is 10.2 Å². The number of carbonyl (C=O) groups is 1. The van der Waals surface area contributed by atoms with Crippen LogP contribution in [-0.2, 0) is 0 Å². The van der Waals surface area contributed by atoms with Crippen LogP contribution in [0.1, 0.15) is 15.9 Å². The van der Waals surface area contributed by atoms with E-state index < -0.39 is 16.6 Å². The molecule has 7 nitrogen and oxygen atoms in total. The van der Waals surface area contributed by atoms with E-state index in [9.17, 15) is 20.0 Å². The first-order valence-electron chi connectivity index (χ1n) is 5.91. The van der Waals surface area contributed by atoms with Gasteiger partial charge in [0.1, 0.15) is 0 Å². The van der Waals surface area contributed by atoms with Gasteiger partial charge in [-0.05, 0) is 39.7 Å². The van der Waals surface area contributed by atoms with E-state index in [1.54, 1.807) is 6.07 Å². The lowest BCUT2D eigenvalue weighted by atomic mass is 10.2. The molecule has 2 aromatic rings. The van der Waals surface area contributed by atoms with Crippen molar-refractivity contribution in [2.45, 2.75) is 0 Å². The molecule has 8 heteroatoms. The molecule has 0 atom stereocenters. The number of nitro benzene ring substituents is 1. The molecule has 2 aromatic carbocycles. The summed E-state index contributed by atoms with van der Waals surface area (Å²) in [6.07, 6.45) is 1.35. The minimum Gasteiger partial charge on any atom is -0.872 e. The fourth-order valence-electron chi connectivity index (χ4n) is 1.66. The van der Waals surface area contributed by atoms with Gasteiger partial charge >= 0.3 is 5.97 Å². The number of carboxylic acid groups (broad SMARTS) is 1. The lowest BCUT2D eigenvalue weighted by Gasteiger charge is -2.09. The van der Waals surface area contributed by atoms with E-state index in [0.29, 0.717) is 10.0 Å². The van der Waals surface area contributed by atoms with Crippen molar-refractivity contribution in [1.29, 1.82) is 0 Å². The molecule has 0 saturated carbocycles. The molecule has 0 aliphatic carbocycles. The van der Waals surface area contributed by atoms with Crippen molar-refractivity contribution in [2.24, 2.45) is 4.99 Å². The summed E-state index contributed by atoms with van der Waals surface area (Å²) >= 11 is 3.07. The molecule has 112 valence electrons. The molecule has 0 aromatic heterocycles. The van der Waals surface area contributed by atoms with Crippen LogP contribution in [0, 0.1) is 10.1 Å². The molecule has 1 N–H and O–H groups in total. The maximum Gasteiger partial charge on any atom is 0.335 e. The molecule has 0 aliphatic rings. The minimum atomic E-state index is -1.33. The number of nitro groups is 1. The molecule has 0 saturated heterocycles. The Morgan fingerprint density at radius 3 is 2.64 bits per heavy atom. The summed E-state index contributed by atoms with van der Waals surface area (Å²) in [6.45, 7) is 0. The third-order valence-corrected chi connectivity index (χ3v) is 3.39. The zero-order valence-corrected chi connectivity index (χ0v) is 12.5. The Balaban J connectivity index is 2.33. The fourth-order valence-corrected chi connectivity index (χ4v) is 2.06. The van der Waals surface area contributed by atoms with Crippen molar-refractivity contribution in [2.75, 3.05) is 0 Å². The summed E-state index contributed by atoms with van der Waals surface area (Å²) in [5, 5.41) is 31.0. The molecule has 0 heterocycles. The van der Waals surface area contributed by atoms with Gasteiger partial charge in [-0.15, -0.1) is 0 Å². The molecule has 2 rings (SSSR count). The molecule has 0 unspecified atom stereocenters. The lowest BCUT2D eigenvalue weighted by molar-refractivity contribution is -0.385. The SMILES string of the molecule is O=C(O)c1cc(N=Cc2ccc(Br)c([N+](=O)[O-])c2)ccc1[O-]. The zero-order chi connectivity index (χ0) is 16.3. The first kappa shape index (κ1) is 15.6. The number of hydrogen-bond acceptors (Lipinski definition) is 5. The summed E-state index contributed by atoms with van der Waals surface area (Å²) in [4.78, 5) is 25.2. The molecule has 0 fully saturated rings. The highest BCUT2D eigenvalue weighted by Crippen LogP contribution is 2.26. The van der Waals surface area contributed by atoms with E-state index >= 15 is 0 Å². The highest BCUT2D eigenvalue weighted by atomic mass is 79.9. The second-order valence-corrected chi connectivity index (χ2v) is 5.07. The maximum absolute atomic E-state index is 11.3. The monoisotopic (exact) mass is 363 g/mol. The minimum absolute atomic E-state index is 0.106. The number of halogens is 1. The Hall–Kier alpha value is -2.74. The molecule has 0 spiro atoms. The number of carboxylic acids is 1. The first-order valence-corrected chi connectivity index (χ1v) is 6.70. The number of benzene rings is 2. The standard InChI is InChI=1S/C14H9BrN2O5/c15-11-3-1-8(5-12(11)17(21)22)7-16-9-2-4-13(18)10(6-9)14(19)20/h1-7,18H,(H,19,20)/p-1. The summed E-state index contributed by atoms with van der Waals surface area (Å²) in [5.41, 5.74) is 0.252. The van der Waals surface area contributed by atoms with Crippen LogP contribution in [0.3, 0.4) is 0 Å². The van der Waals surface area contributed by atoms with Gasteiger partial charge in [0.15, 0.2) is 0 Å². The van der Waals surface area contributed by atoms with Gasteiger partial charge in [0.05, 0.1) is 20.6 Å². The predicted octanol–water partition coefficient (Wildman–Crippen LogP) is 2.88. The quantitative estimate of drug-likeness (QED) is 0.509. The van der Waals surface area contributed by atoms with Crippen molar-refractivity contribution in [1.82, 2.24) is 0 Å². The van der Waals surface area contributed by atoms with Gasteiger partial charge in [-0.3, -0.25) is 15.1 Å². The number of hydrogen-bond donors (Lipinski definition) is 1. The normalized spacial score (nSPS) is 10.8. The summed E-state index contributed by atoms with van der Waals surface area (Å²) in [7, 11) is 0. The number of aliphatic imine (C=N–C) groups is 1. The van der Waals surface area contributed by atoms with Gasteiger partial charge in [-0.25, -0.2) is 4.79 Å². The van der Waals surface area contributed by atoms with E-state index in [1.807, 2.05) is 0 Å². The second kappa shape index (κ2) is 6.35. The average molecular weight is 364 g/mol. The van der Waals surface area contributed by atoms with Crippen LogP contribution >= 0.6 is 15.9 Å². The van der Waals surface area contributed by atoms with E-state index in [1.165, 1.54) is 24.4 Å². The van der Waals surface area contributed by atoms with E-state index in [-0.39, 0.29) is 16.9 Å². The fraction of sp³-hybridized carbons (Fsp3) is 0. The van der Waals surface area contributed by atoms with Gasteiger partial charge in [-0.1, -0.05) is 17.9 Å². The van der Waals surface area contributed by atoms with Crippen LogP contribution in [0.15, 0.2) is 45.9 Å². The molecule has 22 heavy (non-hydrogen) atoms. The topological polar surface area (TPSA) is 116 Å². The van der Waals surface area contributed by atoms with Gasteiger partial charge in [0, 0.05) is 12.3 Å². The molecular formula is C14H8BrN2O5-. The number of nitrogens with zero attached hydrogens (tertiary/aromatic N) is 2. The van der Waals surface area contributed by atoms with Crippen molar-refractivity contribution in [3.05, 3.63) is 62.1 Å². The molecule has 0 bridgehead atoms. The van der Waals surface area contributed by atoms with Crippen molar-refractivity contribution >= 4 is 39.5 Å². The van der Waals surface area contributed by atoms with E-state index in [0.717, 1.165) is 12.1 Å². The molecule has 0 aliphatic heterocycles. The Morgan fingerprint density at radius 2 is 2.00 bits per heavy atom. The third-order valence-electron chi connectivity index (χ3n) is 2.72. The number of aromatic carboxylic acids is 1. The van der Waals surface area contributed by atoms with E-state index in [4.69, 9.17) is 5.11 Å². The zero-order valence-electron chi connectivity index (χ0n) is 10.9. The third kappa shape index (κ3) is 3.47. The predicted molar refractivity (Wildman–Crippen MR) is 80.9 cm³/mol. The maximum atomic E-state index is 11.3. The Morgan fingerprint density at radius 1 is 1.27 bits per heavy atom. The van der Waals surface area contributed by atoms with Crippen LogP contribution in [-0.4, -0.2) is 22.2 Å². The van der Waals surface area contributed by atoms with Crippen LogP contribution in [0.25, 0.3) is 0 Å². The molecule has 0 amide bonds. The summed E-state index contributed by atoms with van der Waals surface area (Å²) in [6, 6.07) is 8.09. The van der Waals surface area contributed by atoms with Gasteiger partial charge in [0.2, 0.25) is 0 Å². The Kier molecular flexibility index (Phi) is 4.52. The van der Waals surface area contributed by atoms with Crippen LogP contribution in [0.4, 0.5) is 11.4 Å². The average Bonchev–Trinajstić information content (AvgIpc) is 2.47. The smallest absolute Gasteiger partial charge is 0.335 e. The highest BCUT2D eigenvalue weighted by Gasteiger charge is 2.11. The van der Waals surface area contributed by atoms with Crippen molar-refractivity contribution < 1.29 is 19.9 Å². The largest absolute Gasteiger partial charge is 0.872 e. The first-order chi connectivity index (χ1) is 10.4.